The zero-order valence-electron chi connectivity index (χ0n) is 6.91. The third-order valence-electron chi connectivity index (χ3n) is 2.05. The summed E-state index contributed by atoms with van der Waals surface area (Å²) in [4.78, 5) is 0. The lowest BCUT2D eigenvalue weighted by Gasteiger charge is -2.38. The molecule has 0 radical (unpaired) electrons. The average Bonchev–Trinajstić information content (AvgIpc) is 1.77. The summed E-state index contributed by atoms with van der Waals surface area (Å²) < 4.78 is 0. The SMILES string of the molecule is CC1(O)C=CC(O)C(C)(N)C1. The van der Waals surface area contributed by atoms with E-state index in [4.69, 9.17) is 5.73 Å². The van der Waals surface area contributed by atoms with E-state index in [1.54, 1.807) is 26.0 Å². The first-order valence-corrected chi connectivity index (χ1v) is 3.72. The lowest BCUT2D eigenvalue weighted by molar-refractivity contribution is 0.0243. The van der Waals surface area contributed by atoms with Gasteiger partial charge in [-0.3, -0.25) is 0 Å². The van der Waals surface area contributed by atoms with Crippen molar-refractivity contribution in [2.45, 2.75) is 37.5 Å². The van der Waals surface area contributed by atoms with Crippen molar-refractivity contribution in [3.8, 4) is 0 Å². The van der Waals surface area contributed by atoms with Crippen LogP contribution in [0, 0.1) is 0 Å². The fourth-order valence-corrected chi connectivity index (χ4v) is 1.45. The summed E-state index contributed by atoms with van der Waals surface area (Å²) in [5, 5.41) is 18.9. The standard InChI is InChI=1S/C8H15NO2/c1-7(11)4-3-6(10)8(2,9)5-7/h3-4,6,10-11H,5,9H2,1-2H3. The molecule has 0 aromatic rings. The summed E-state index contributed by atoms with van der Waals surface area (Å²) in [6.45, 7) is 3.41. The number of hydrogen-bond acceptors (Lipinski definition) is 3. The van der Waals surface area contributed by atoms with Crippen molar-refractivity contribution < 1.29 is 10.2 Å². The smallest absolute Gasteiger partial charge is 0.0899 e. The minimum atomic E-state index is -0.872. The van der Waals surface area contributed by atoms with Gasteiger partial charge in [0.2, 0.25) is 0 Å². The molecule has 0 saturated carbocycles. The Balaban J connectivity index is 2.85. The molecule has 4 N–H and O–H groups in total. The summed E-state index contributed by atoms with van der Waals surface area (Å²) in [5.41, 5.74) is 4.15. The second-order valence-corrected chi connectivity index (χ2v) is 3.84. The maximum atomic E-state index is 9.55. The third-order valence-corrected chi connectivity index (χ3v) is 2.05. The fourth-order valence-electron chi connectivity index (χ4n) is 1.45. The number of aliphatic hydroxyl groups is 2. The number of hydrogen-bond donors (Lipinski definition) is 3. The first-order valence-electron chi connectivity index (χ1n) is 3.72. The van der Waals surface area contributed by atoms with Crippen molar-refractivity contribution in [3.63, 3.8) is 0 Å². The van der Waals surface area contributed by atoms with E-state index in [9.17, 15) is 10.2 Å². The van der Waals surface area contributed by atoms with Crippen LogP contribution < -0.4 is 5.73 Å². The summed E-state index contributed by atoms with van der Waals surface area (Å²) in [5.74, 6) is 0. The van der Waals surface area contributed by atoms with E-state index in [0.29, 0.717) is 6.42 Å². The van der Waals surface area contributed by atoms with Gasteiger partial charge in [-0.05, 0) is 20.3 Å². The van der Waals surface area contributed by atoms with Crippen molar-refractivity contribution in [1.29, 1.82) is 0 Å². The molecule has 0 amide bonds. The van der Waals surface area contributed by atoms with Crippen LogP contribution in [-0.4, -0.2) is 27.5 Å². The molecule has 1 aliphatic carbocycles. The van der Waals surface area contributed by atoms with E-state index >= 15 is 0 Å². The largest absolute Gasteiger partial charge is 0.387 e. The first kappa shape index (κ1) is 8.71. The van der Waals surface area contributed by atoms with Crippen LogP contribution in [0.1, 0.15) is 20.3 Å². The van der Waals surface area contributed by atoms with Crippen LogP contribution in [0.4, 0.5) is 0 Å². The van der Waals surface area contributed by atoms with E-state index in [1.807, 2.05) is 0 Å². The van der Waals surface area contributed by atoms with Crippen molar-refractivity contribution in [2.24, 2.45) is 5.73 Å². The molecule has 3 heteroatoms. The highest BCUT2D eigenvalue weighted by atomic mass is 16.3. The van der Waals surface area contributed by atoms with Crippen LogP contribution in [0.5, 0.6) is 0 Å². The number of nitrogens with two attached hydrogens (primary N) is 1. The maximum absolute atomic E-state index is 9.55. The molecule has 3 atom stereocenters. The molecule has 64 valence electrons. The normalized spacial score (nSPS) is 51.2. The minimum absolute atomic E-state index is 0.387. The third kappa shape index (κ3) is 1.80. The lowest BCUT2D eigenvalue weighted by atomic mass is 9.78. The highest BCUT2D eigenvalue weighted by molar-refractivity contribution is 5.15. The van der Waals surface area contributed by atoms with Crippen molar-refractivity contribution in [2.75, 3.05) is 0 Å². The molecule has 0 bridgehead atoms. The van der Waals surface area contributed by atoms with Crippen molar-refractivity contribution >= 4 is 0 Å². The van der Waals surface area contributed by atoms with Crippen molar-refractivity contribution in [3.05, 3.63) is 12.2 Å². The highest BCUT2D eigenvalue weighted by Crippen LogP contribution is 2.27. The van der Waals surface area contributed by atoms with Crippen LogP contribution in [0.3, 0.4) is 0 Å². The van der Waals surface area contributed by atoms with Crippen LogP contribution in [0.25, 0.3) is 0 Å². The molecule has 0 aromatic carbocycles. The Bertz CT molecular complexity index is 185. The molecule has 1 aliphatic rings. The Labute approximate surface area is 66.5 Å². The van der Waals surface area contributed by atoms with E-state index in [0.717, 1.165) is 0 Å². The second-order valence-electron chi connectivity index (χ2n) is 3.84. The molecule has 0 fully saturated rings. The van der Waals surface area contributed by atoms with Gasteiger partial charge in [0.1, 0.15) is 0 Å². The predicted molar refractivity (Wildman–Crippen MR) is 43.0 cm³/mol. The molecule has 0 aliphatic heterocycles. The van der Waals surface area contributed by atoms with Gasteiger partial charge >= 0.3 is 0 Å². The summed E-state index contributed by atoms with van der Waals surface area (Å²) in [6, 6.07) is 0. The van der Waals surface area contributed by atoms with Crippen LogP contribution in [0.2, 0.25) is 0 Å². The van der Waals surface area contributed by atoms with Gasteiger partial charge in [-0.1, -0.05) is 12.2 Å². The topological polar surface area (TPSA) is 66.5 Å². The molecule has 3 unspecified atom stereocenters. The van der Waals surface area contributed by atoms with Crippen LogP contribution in [0.15, 0.2) is 12.2 Å². The van der Waals surface area contributed by atoms with Crippen LogP contribution in [-0.2, 0) is 0 Å². The van der Waals surface area contributed by atoms with E-state index in [1.165, 1.54) is 0 Å². The molecule has 3 nitrogen and oxygen atoms in total. The Morgan fingerprint density at radius 2 is 2.09 bits per heavy atom. The van der Waals surface area contributed by atoms with Gasteiger partial charge in [0, 0.05) is 5.54 Å². The molecular weight excluding hydrogens is 142 g/mol. The van der Waals surface area contributed by atoms with E-state index in [-0.39, 0.29) is 0 Å². The zero-order valence-corrected chi connectivity index (χ0v) is 6.91. The minimum Gasteiger partial charge on any atom is -0.387 e. The number of rotatable bonds is 0. The van der Waals surface area contributed by atoms with Gasteiger partial charge in [0.05, 0.1) is 11.7 Å². The van der Waals surface area contributed by atoms with Gasteiger partial charge in [0.15, 0.2) is 0 Å². The van der Waals surface area contributed by atoms with Gasteiger partial charge in [-0.25, -0.2) is 0 Å². The van der Waals surface area contributed by atoms with Gasteiger partial charge in [-0.15, -0.1) is 0 Å². The summed E-state index contributed by atoms with van der Waals surface area (Å²) >= 11 is 0. The quantitative estimate of drug-likeness (QED) is 0.426. The first-order chi connectivity index (χ1) is 4.83. The molecule has 0 saturated heterocycles. The number of aliphatic hydroxyl groups excluding tert-OH is 1. The van der Waals surface area contributed by atoms with Crippen molar-refractivity contribution in [1.82, 2.24) is 0 Å². The molecule has 11 heavy (non-hydrogen) atoms. The molecular formula is C8H15NO2. The molecule has 1 rings (SSSR count). The Morgan fingerprint density at radius 3 is 2.45 bits per heavy atom. The molecule has 0 heterocycles. The van der Waals surface area contributed by atoms with E-state index < -0.39 is 17.2 Å². The maximum Gasteiger partial charge on any atom is 0.0899 e. The second kappa shape index (κ2) is 2.30. The van der Waals surface area contributed by atoms with E-state index in [2.05, 4.69) is 0 Å². The van der Waals surface area contributed by atoms with Crippen LogP contribution >= 0.6 is 0 Å². The van der Waals surface area contributed by atoms with Gasteiger partial charge < -0.3 is 15.9 Å². The Morgan fingerprint density at radius 1 is 1.55 bits per heavy atom. The highest BCUT2D eigenvalue weighted by Gasteiger charge is 2.37. The Kier molecular flexibility index (Phi) is 1.82. The van der Waals surface area contributed by atoms with Gasteiger partial charge in [-0.2, -0.15) is 0 Å². The summed E-state index contributed by atoms with van der Waals surface area (Å²) in [7, 11) is 0. The zero-order chi connectivity index (χ0) is 8.70. The predicted octanol–water partition coefficient (Wildman–Crippen LogP) is -0.224. The average molecular weight is 157 g/mol. The Hall–Kier alpha value is -0.380. The molecule has 0 spiro atoms. The fraction of sp³-hybridized carbons (Fsp3) is 0.750. The lowest BCUT2D eigenvalue weighted by Crippen LogP contribution is -2.54. The summed E-state index contributed by atoms with van der Waals surface area (Å²) in [6.07, 6.45) is 2.87. The van der Waals surface area contributed by atoms with Gasteiger partial charge in [0.25, 0.3) is 0 Å². The molecule has 0 aromatic heterocycles. The monoisotopic (exact) mass is 157 g/mol.